The molecule has 0 radical (unpaired) electrons. The number of aryl methyl sites for hydroxylation is 1. The van der Waals surface area contributed by atoms with Gasteiger partial charge >= 0.3 is 0 Å². The van der Waals surface area contributed by atoms with Crippen molar-refractivity contribution < 1.29 is 13.0 Å². The van der Waals surface area contributed by atoms with E-state index in [0.717, 1.165) is 32.5 Å². The van der Waals surface area contributed by atoms with Gasteiger partial charge in [0.05, 0.1) is 0 Å². The Kier molecular flexibility index (Phi) is 2.47. The molecular weight excluding hydrogens is 298 g/mol. The van der Waals surface area contributed by atoms with E-state index in [0.29, 0.717) is 11.1 Å². The molecule has 0 heterocycles. The van der Waals surface area contributed by atoms with Gasteiger partial charge in [0.25, 0.3) is 10.1 Å². The highest BCUT2D eigenvalue weighted by Crippen LogP contribution is 2.40. The predicted molar refractivity (Wildman–Crippen MR) is 89.1 cm³/mol. The largest absolute Gasteiger partial charge is 0.398 e. The minimum absolute atomic E-state index is 0.145. The average Bonchev–Trinajstić information content (AvgIpc) is 2.47. The van der Waals surface area contributed by atoms with Crippen molar-refractivity contribution in [1.82, 2.24) is 0 Å². The number of nitrogens with two attached hydrogens (primary N) is 1. The molecule has 0 unspecified atom stereocenters. The first-order valence-electron chi connectivity index (χ1n) is 6.82. The molecular formula is C17H13NO3S. The molecule has 4 rings (SSSR count). The van der Waals surface area contributed by atoms with Gasteiger partial charge in [0.15, 0.2) is 0 Å². The lowest BCUT2D eigenvalue weighted by molar-refractivity contribution is 0.484. The molecule has 0 atom stereocenters. The number of hydrogen-bond donors (Lipinski definition) is 2. The van der Waals surface area contributed by atoms with Crippen molar-refractivity contribution in [2.75, 3.05) is 5.73 Å². The summed E-state index contributed by atoms with van der Waals surface area (Å²) in [5, 5.41) is 5.13. The maximum absolute atomic E-state index is 11.7. The van der Waals surface area contributed by atoms with Crippen LogP contribution in [0.25, 0.3) is 32.3 Å². The van der Waals surface area contributed by atoms with Crippen LogP contribution in [0.5, 0.6) is 0 Å². The SMILES string of the molecule is Cc1ccc2ccc3c(N)cc(S(=O)(=O)O)c4ccc1c2c34. The maximum Gasteiger partial charge on any atom is 0.295 e. The molecule has 3 N–H and O–H groups in total. The van der Waals surface area contributed by atoms with Crippen LogP contribution in [0.1, 0.15) is 5.56 Å². The highest BCUT2D eigenvalue weighted by atomic mass is 32.2. The van der Waals surface area contributed by atoms with Crippen LogP contribution in [0.4, 0.5) is 5.69 Å². The van der Waals surface area contributed by atoms with E-state index in [-0.39, 0.29) is 4.90 Å². The third-order valence-electron chi connectivity index (χ3n) is 4.27. The molecule has 4 aromatic rings. The first-order chi connectivity index (χ1) is 10.4. The van der Waals surface area contributed by atoms with Crippen LogP contribution in [-0.2, 0) is 10.1 Å². The van der Waals surface area contributed by atoms with E-state index in [1.807, 2.05) is 37.3 Å². The van der Waals surface area contributed by atoms with Crippen LogP contribution in [0, 0.1) is 6.92 Å². The summed E-state index contributed by atoms with van der Waals surface area (Å²) in [5.74, 6) is 0. The second-order valence-corrected chi connectivity index (χ2v) is 6.96. The molecule has 0 aliphatic heterocycles. The summed E-state index contributed by atoms with van der Waals surface area (Å²) in [7, 11) is -4.34. The van der Waals surface area contributed by atoms with Crippen LogP contribution < -0.4 is 5.73 Å². The van der Waals surface area contributed by atoms with E-state index in [1.165, 1.54) is 6.07 Å². The van der Waals surface area contributed by atoms with E-state index in [1.54, 1.807) is 6.07 Å². The van der Waals surface area contributed by atoms with E-state index >= 15 is 0 Å². The number of hydrogen-bond acceptors (Lipinski definition) is 3. The molecule has 0 aliphatic carbocycles. The highest BCUT2D eigenvalue weighted by Gasteiger charge is 2.20. The lowest BCUT2D eigenvalue weighted by atomic mass is 9.91. The molecule has 0 spiro atoms. The van der Waals surface area contributed by atoms with Crippen molar-refractivity contribution in [3.05, 3.63) is 48.0 Å². The number of anilines is 1. The minimum atomic E-state index is -4.34. The smallest absolute Gasteiger partial charge is 0.295 e. The van der Waals surface area contributed by atoms with E-state index in [2.05, 4.69) is 0 Å². The van der Waals surface area contributed by atoms with Crippen LogP contribution in [0.15, 0.2) is 47.4 Å². The monoisotopic (exact) mass is 311 g/mol. The Morgan fingerprint density at radius 2 is 1.55 bits per heavy atom. The van der Waals surface area contributed by atoms with Crippen molar-refractivity contribution in [3.8, 4) is 0 Å². The molecule has 0 amide bonds. The van der Waals surface area contributed by atoms with Crippen LogP contribution in [0.3, 0.4) is 0 Å². The lowest BCUT2D eigenvalue weighted by Crippen LogP contribution is -2.02. The fourth-order valence-electron chi connectivity index (χ4n) is 3.25. The average molecular weight is 311 g/mol. The summed E-state index contributed by atoms with van der Waals surface area (Å²) in [4.78, 5) is -0.145. The third-order valence-corrected chi connectivity index (χ3v) is 5.17. The number of rotatable bonds is 1. The van der Waals surface area contributed by atoms with E-state index in [4.69, 9.17) is 5.73 Å². The Bertz CT molecular complexity index is 1160. The van der Waals surface area contributed by atoms with E-state index < -0.39 is 10.1 Å². The standard InChI is InChI=1S/C17H13NO3S/c1-9-2-3-10-4-5-12-14(18)8-15(22(19,20)21)13-7-6-11(9)16(10)17(12)13/h2-8H,18H2,1H3,(H,19,20,21). The first-order valence-corrected chi connectivity index (χ1v) is 8.26. The Hall–Kier alpha value is -2.37. The molecule has 0 saturated carbocycles. The molecule has 0 aromatic heterocycles. The zero-order chi connectivity index (χ0) is 15.6. The predicted octanol–water partition coefficient (Wildman–Crippen LogP) is 3.72. The van der Waals surface area contributed by atoms with Crippen molar-refractivity contribution in [2.45, 2.75) is 11.8 Å². The first kappa shape index (κ1) is 13.3. The quantitative estimate of drug-likeness (QED) is 0.319. The van der Waals surface area contributed by atoms with Crippen molar-refractivity contribution in [1.29, 1.82) is 0 Å². The lowest BCUT2D eigenvalue weighted by Gasteiger charge is -2.15. The van der Waals surface area contributed by atoms with Gasteiger partial charge in [-0.25, -0.2) is 0 Å². The summed E-state index contributed by atoms with van der Waals surface area (Å²) in [6.07, 6.45) is 0. The van der Waals surface area contributed by atoms with Crippen molar-refractivity contribution in [3.63, 3.8) is 0 Å². The second-order valence-electron chi connectivity index (χ2n) is 5.57. The second kappa shape index (κ2) is 4.09. The molecule has 0 aliphatic rings. The Morgan fingerprint density at radius 1 is 0.909 bits per heavy atom. The molecule has 0 bridgehead atoms. The topological polar surface area (TPSA) is 80.4 Å². The van der Waals surface area contributed by atoms with Gasteiger partial charge in [-0.1, -0.05) is 36.4 Å². The molecule has 0 saturated heterocycles. The highest BCUT2D eigenvalue weighted by molar-refractivity contribution is 7.86. The zero-order valence-electron chi connectivity index (χ0n) is 11.8. The van der Waals surface area contributed by atoms with Gasteiger partial charge in [0.1, 0.15) is 4.90 Å². The number of nitrogen functional groups attached to an aromatic ring is 1. The Balaban J connectivity index is 2.42. The van der Waals surface area contributed by atoms with Gasteiger partial charge in [0, 0.05) is 21.8 Å². The van der Waals surface area contributed by atoms with Gasteiger partial charge in [-0.2, -0.15) is 8.42 Å². The summed E-state index contributed by atoms with van der Waals surface area (Å²) in [6.45, 7) is 2.01. The molecule has 4 nitrogen and oxygen atoms in total. The summed E-state index contributed by atoms with van der Waals surface area (Å²) in [5.41, 5.74) is 7.48. The number of benzene rings is 4. The van der Waals surface area contributed by atoms with E-state index in [9.17, 15) is 13.0 Å². The van der Waals surface area contributed by atoms with Gasteiger partial charge in [-0.05, 0) is 34.7 Å². The summed E-state index contributed by atoms with van der Waals surface area (Å²) in [6, 6.07) is 12.9. The molecule has 110 valence electrons. The van der Waals surface area contributed by atoms with Crippen molar-refractivity contribution >= 4 is 48.1 Å². The summed E-state index contributed by atoms with van der Waals surface area (Å²) < 4.78 is 32.9. The van der Waals surface area contributed by atoms with Gasteiger partial charge in [0.2, 0.25) is 0 Å². The normalized spacial score (nSPS) is 12.6. The molecule has 22 heavy (non-hydrogen) atoms. The van der Waals surface area contributed by atoms with Gasteiger partial charge in [-0.15, -0.1) is 0 Å². The van der Waals surface area contributed by atoms with Crippen molar-refractivity contribution in [2.24, 2.45) is 0 Å². The molecule has 0 fully saturated rings. The Morgan fingerprint density at radius 3 is 2.27 bits per heavy atom. The fraction of sp³-hybridized carbons (Fsp3) is 0.0588. The minimum Gasteiger partial charge on any atom is -0.398 e. The third kappa shape index (κ3) is 1.63. The fourth-order valence-corrected chi connectivity index (χ4v) is 3.97. The van der Waals surface area contributed by atoms with Crippen LogP contribution in [0.2, 0.25) is 0 Å². The Labute approximate surface area is 127 Å². The summed E-state index contributed by atoms with van der Waals surface area (Å²) >= 11 is 0. The molecule has 5 heteroatoms. The van der Waals surface area contributed by atoms with Crippen LogP contribution in [-0.4, -0.2) is 13.0 Å². The van der Waals surface area contributed by atoms with Crippen LogP contribution >= 0.6 is 0 Å². The molecule has 4 aromatic carbocycles. The van der Waals surface area contributed by atoms with Gasteiger partial charge in [-0.3, -0.25) is 4.55 Å². The maximum atomic E-state index is 11.7. The van der Waals surface area contributed by atoms with Gasteiger partial charge < -0.3 is 5.73 Å². The zero-order valence-corrected chi connectivity index (χ0v) is 12.6.